The highest BCUT2D eigenvalue weighted by atomic mass is 28.3. The Morgan fingerprint density at radius 1 is 0.842 bits per heavy atom. The summed E-state index contributed by atoms with van der Waals surface area (Å²) in [5.41, 5.74) is 30.1. The van der Waals surface area contributed by atoms with E-state index in [9.17, 15) is 0 Å². The van der Waals surface area contributed by atoms with Gasteiger partial charge >= 0.3 is 0 Å². The molecule has 0 aliphatic rings. The molecule has 2 N–H and O–H groups in total. The zero-order valence-electron chi connectivity index (χ0n) is 23.4. The van der Waals surface area contributed by atoms with E-state index in [0.717, 1.165) is 17.2 Å². The van der Waals surface area contributed by atoms with E-state index in [2.05, 4.69) is 34.7 Å². The number of nitriles is 1. The Labute approximate surface area is 224 Å². The molecule has 0 heterocycles. The number of hydrogen-bond acceptors (Lipinski definition) is 8. The molecule has 206 valence electrons. The average Bonchev–Trinajstić information content (AvgIpc) is 2.84. The van der Waals surface area contributed by atoms with Crippen LogP contribution in [0.15, 0.2) is 63.7 Å². The second kappa shape index (κ2) is 22.7. The molecule has 0 atom stereocenters. The lowest BCUT2D eigenvalue weighted by atomic mass is 10.2. The summed E-state index contributed by atoms with van der Waals surface area (Å²) in [6, 6.07) is 15.9. The topological polar surface area (TPSA) is 224 Å². The van der Waals surface area contributed by atoms with Crippen LogP contribution in [0.5, 0.6) is 11.5 Å². The van der Waals surface area contributed by atoms with Crippen LogP contribution in [0.3, 0.4) is 0 Å². The molecule has 0 bridgehead atoms. The minimum absolute atomic E-state index is 0.369. The van der Waals surface area contributed by atoms with E-state index in [1.807, 2.05) is 52.5 Å². The maximum Gasteiger partial charge on any atom is 0.146 e. The molecule has 0 unspecified atom stereocenters. The fourth-order valence-electron chi connectivity index (χ4n) is 1.58. The minimum atomic E-state index is -1.45. The zero-order valence-corrected chi connectivity index (χ0v) is 24.4. The van der Waals surface area contributed by atoms with Gasteiger partial charge in [-0.25, -0.2) is 0 Å². The van der Waals surface area contributed by atoms with Crippen molar-refractivity contribution >= 4 is 19.6 Å². The molecule has 14 nitrogen and oxygen atoms in total. The summed E-state index contributed by atoms with van der Waals surface area (Å²) in [7, 11) is 1.77. The lowest BCUT2D eigenvalue weighted by Crippen LogP contribution is -2.14. The largest absolute Gasteiger partial charge is 0.497 e. The second-order valence-electron chi connectivity index (χ2n) is 8.62. The van der Waals surface area contributed by atoms with Crippen molar-refractivity contribution in [3.05, 3.63) is 79.9 Å². The van der Waals surface area contributed by atoms with E-state index in [1.165, 1.54) is 6.92 Å². The fourth-order valence-corrected chi connectivity index (χ4v) is 1.85. The van der Waals surface area contributed by atoms with Crippen LogP contribution in [-0.2, 0) is 4.84 Å². The fraction of sp³-hybridized carbons (Fsp3) is 0.435. The van der Waals surface area contributed by atoms with Crippen LogP contribution in [0.2, 0.25) is 19.6 Å². The Hall–Kier alpha value is -4.72. The molecule has 0 radical (unpaired) electrons. The van der Waals surface area contributed by atoms with E-state index in [0.29, 0.717) is 5.69 Å². The lowest BCUT2D eigenvalue weighted by molar-refractivity contribution is -0.00307. The molecule has 38 heavy (non-hydrogen) atoms. The summed E-state index contributed by atoms with van der Waals surface area (Å²) in [6.45, 7) is 12.8. The van der Waals surface area contributed by atoms with Crippen LogP contribution in [0.1, 0.15) is 27.7 Å². The number of nitrogens with zero attached hydrogens (tertiary/aromatic N) is 10. The van der Waals surface area contributed by atoms with Crippen LogP contribution >= 0.6 is 0 Å². The van der Waals surface area contributed by atoms with Gasteiger partial charge in [0.25, 0.3) is 0 Å². The van der Waals surface area contributed by atoms with Gasteiger partial charge in [-0.3, -0.25) is 0 Å². The number of nitrogen functional groups attached to an aromatic ring is 1. The molecule has 0 aliphatic carbocycles. The summed E-state index contributed by atoms with van der Waals surface area (Å²) >= 11 is 0. The van der Waals surface area contributed by atoms with Crippen molar-refractivity contribution in [2.45, 2.75) is 52.9 Å². The average molecular weight is 544 g/mol. The number of rotatable bonds is 5. The number of benzene rings is 2. The van der Waals surface area contributed by atoms with Gasteiger partial charge in [-0.05, 0) is 90.8 Å². The van der Waals surface area contributed by atoms with Gasteiger partial charge in [0.2, 0.25) is 0 Å². The summed E-state index contributed by atoms with van der Waals surface area (Å²) in [5.74, 6) is 1.59. The van der Waals surface area contributed by atoms with Crippen molar-refractivity contribution in [1.82, 2.24) is 0 Å². The summed E-state index contributed by atoms with van der Waals surface area (Å²) in [4.78, 5) is 12.3. The lowest BCUT2D eigenvalue weighted by Gasteiger charge is -2.14. The van der Waals surface area contributed by atoms with Crippen LogP contribution in [0.25, 0.3) is 31.3 Å². The van der Waals surface area contributed by atoms with Crippen LogP contribution < -0.4 is 15.2 Å². The Morgan fingerprint density at radius 2 is 1.26 bits per heavy atom. The first-order valence-electron chi connectivity index (χ1n) is 10.9. The first kappa shape index (κ1) is 37.8. The third-order valence-corrected chi connectivity index (χ3v) is 3.73. The highest BCUT2D eigenvalue weighted by Crippen LogP contribution is 2.17. The smallest absolute Gasteiger partial charge is 0.146 e. The van der Waals surface area contributed by atoms with E-state index < -0.39 is 8.24 Å². The number of azide groups is 3. The van der Waals surface area contributed by atoms with E-state index in [4.69, 9.17) is 37.1 Å². The molecule has 0 aromatic heterocycles. The molecule has 0 fully saturated rings. The molecule has 0 saturated carbocycles. The molecular weight excluding hydrogens is 506 g/mol. The molecule has 15 heteroatoms. The van der Waals surface area contributed by atoms with E-state index in [-0.39, 0.29) is 5.60 Å². The predicted octanol–water partition coefficient (Wildman–Crippen LogP) is 8.60. The normalized spacial score (nSPS) is 8.74. The Kier molecular flexibility index (Phi) is 22.6. The van der Waals surface area contributed by atoms with Gasteiger partial charge in [0, 0.05) is 28.1 Å². The van der Waals surface area contributed by atoms with Gasteiger partial charge in [0.1, 0.15) is 30.6 Å². The predicted molar refractivity (Wildman–Crippen MR) is 153 cm³/mol. The monoisotopic (exact) mass is 543 g/mol. The van der Waals surface area contributed by atoms with E-state index in [1.54, 1.807) is 56.7 Å². The van der Waals surface area contributed by atoms with Crippen LogP contribution in [0, 0.1) is 11.3 Å². The van der Waals surface area contributed by atoms with Crippen molar-refractivity contribution < 1.29 is 14.3 Å². The van der Waals surface area contributed by atoms with Crippen molar-refractivity contribution in [2.24, 2.45) is 15.2 Å². The Morgan fingerprint density at radius 3 is 1.50 bits per heavy atom. The molecule has 0 amide bonds. The third kappa shape index (κ3) is 29.3. The van der Waals surface area contributed by atoms with Crippen LogP contribution in [0.4, 0.5) is 11.4 Å². The van der Waals surface area contributed by atoms with Gasteiger partial charge in [-0.15, -0.1) is 4.78 Å². The van der Waals surface area contributed by atoms with Crippen LogP contribution in [-0.4, -0.2) is 28.1 Å². The molecule has 2 aromatic carbocycles. The first-order chi connectivity index (χ1) is 17.7. The third-order valence-electron chi connectivity index (χ3n) is 3.04. The summed E-state index contributed by atoms with van der Waals surface area (Å²) in [5, 5.41) is 13.7. The van der Waals surface area contributed by atoms with Gasteiger partial charge in [-0.2, -0.15) is 5.26 Å². The Bertz CT molecular complexity index is 1070. The maximum atomic E-state index is 8.07. The van der Waals surface area contributed by atoms with Crippen molar-refractivity contribution in [1.29, 1.82) is 5.26 Å². The van der Waals surface area contributed by atoms with Gasteiger partial charge < -0.3 is 20.0 Å². The Balaban J connectivity index is -0.000000421. The molecule has 0 spiro atoms. The molecule has 2 aromatic rings. The number of methoxy groups -OCH3 is 2. The first-order valence-corrected chi connectivity index (χ1v) is 14.4. The second-order valence-corrected chi connectivity index (χ2v) is 13.2. The molecule has 0 saturated heterocycles. The minimum Gasteiger partial charge on any atom is -0.497 e. The highest BCUT2D eigenvalue weighted by Gasteiger charge is 2.08. The van der Waals surface area contributed by atoms with Gasteiger partial charge in [-0.1, -0.05) is 24.8 Å². The molecular formula is C23H37N11O3Si. The molecule has 2 rings (SSSR count). The zero-order chi connectivity index (χ0) is 30.0. The standard InChI is InChI=1S/C7H7N3O.C7H9NO.C4H9N3O.C3H9N3Si.C2H3N/c1-11-7-4-2-6(3-5-7)9-10-8;1-9-7-4-2-6(8)3-5-7;1-4(2,3)8-7-6-5;1-7(2,3)6-5-4;1-2-3/h2-5H,1H3;2-5H,8H2,1H3;1-3H3;1-3H3;1H3. The highest BCUT2D eigenvalue weighted by molar-refractivity contribution is 6.74. The van der Waals surface area contributed by atoms with Crippen molar-refractivity contribution in [3.63, 3.8) is 0 Å². The number of nitrogens with two attached hydrogens (primary N) is 1. The number of hydrogen-bond donors (Lipinski definition) is 1. The SMILES string of the molecule is CC#N.CC(C)(C)ON=[N+]=[N-].COc1ccc(N)cc1.COc1ccc(N=[N+]=[N-])cc1.C[Si](C)(C)N=[N+]=[N-]. The molecule has 0 aliphatic heterocycles. The van der Waals surface area contributed by atoms with Crippen molar-refractivity contribution in [2.75, 3.05) is 20.0 Å². The quantitative estimate of drug-likeness (QED) is 0.0972. The van der Waals surface area contributed by atoms with Gasteiger partial charge in [0.15, 0.2) is 0 Å². The van der Waals surface area contributed by atoms with E-state index >= 15 is 0 Å². The number of anilines is 1. The maximum absolute atomic E-state index is 8.07. The summed E-state index contributed by atoms with van der Waals surface area (Å²) in [6.07, 6.45) is 0. The van der Waals surface area contributed by atoms with Gasteiger partial charge in [0.05, 0.1) is 20.3 Å². The van der Waals surface area contributed by atoms with Crippen molar-refractivity contribution in [3.8, 4) is 17.6 Å². The summed E-state index contributed by atoms with van der Waals surface area (Å²) < 4.78 is 13.4. The number of ether oxygens (including phenoxy) is 2.